The van der Waals surface area contributed by atoms with E-state index < -0.39 is 17.7 Å². The van der Waals surface area contributed by atoms with E-state index in [9.17, 15) is 28.8 Å². The van der Waals surface area contributed by atoms with Crippen LogP contribution in [-0.2, 0) is 4.79 Å². The second kappa shape index (κ2) is 23.4. The third kappa shape index (κ3) is 14.0. The van der Waals surface area contributed by atoms with Crippen LogP contribution in [0.5, 0.6) is 0 Å². The summed E-state index contributed by atoms with van der Waals surface area (Å²) in [7, 11) is 0. The summed E-state index contributed by atoms with van der Waals surface area (Å²) in [5.41, 5.74) is 38.2. The van der Waals surface area contributed by atoms with Gasteiger partial charge in [-0.15, -0.1) is 11.8 Å². The monoisotopic (exact) mass is 987 g/mol. The van der Waals surface area contributed by atoms with E-state index in [2.05, 4.69) is 31.6 Å². The number of anilines is 3. The predicted octanol–water partition coefficient (Wildman–Crippen LogP) is 3.93. The van der Waals surface area contributed by atoms with Crippen molar-refractivity contribution in [2.45, 2.75) is 98.2 Å². The summed E-state index contributed by atoms with van der Waals surface area (Å²) >= 11 is 1.34. The number of hydrogen-bond acceptors (Lipinski definition) is 14. The zero-order valence-electron chi connectivity index (χ0n) is 40.7. The smallest absolute Gasteiger partial charge is 0.260 e. The van der Waals surface area contributed by atoms with Crippen molar-refractivity contribution in [2.75, 3.05) is 23.1 Å². The Hall–Kier alpha value is -8.16. The molecule has 6 amide bonds. The molecule has 0 saturated heterocycles. The Morgan fingerprint density at radius 1 is 0.620 bits per heavy atom. The minimum absolute atomic E-state index is 0.0194. The number of nitrogen functional groups attached to an aromatic ring is 3. The molecule has 8 rings (SSSR count). The molecule has 16 N–H and O–H groups in total. The van der Waals surface area contributed by atoms with Crippen LogP contribution in [0.15, 0.2) is 65.1 Å². The number of nitrogens with two attached hydrogens (primary N) is 6. The van der Waals surface area contributed by atoms with Gasteiger partial charge in [-0.05, 0) is 139 Å². The number of nitrogens with zero attached hydrogens (tertiary/aromatic N) is 5. The van der Waals surface area contributed by atoms with Gasteiger partial charge in [0.05, 0.1) is 28.5 Å². The molecule has 0 unspecified atom stereocenters. The van der Waals surface area contributed by atoms with Gasteiger partial charge in [0.2, 0.25) is 0 Å². The SMILES string of the molecule is CS/C(C)=C(\C#N)C(N)=O.Cc1ccc(C(=O)NC2CC2)cc1-n1nc(C)c(C(N)=O)c1N.Cc1ccc(C(=O)NC2CC2)cc1-n1nc(C)c(C(N)=O)c1N.Cc1ccc(C(=O)NC2CC2)cc1NN. The summed E-state index contributed by atoms with van der Waals surface area (Å²) in [6.07, 6.45) is 8.08. The molecule has 3 aliphatic carbocycles. The van der Waals surface area contributed by atoms with E-state index in [4.69, 9.17) is 39.8 Å². The van der Waals surface area contributed by atoms with Gasteiger partial charge in [0, 0.05) is 39.7 Å². The van der Waals surface area contributed by atoms with Crippen molar-refractivity contribution in [3.05, 3.63) is 121 Å². The largest absolute Gasteiger partial charge is 0.383 e. The number of nitriles is 1. The molecule has 3 fully saturated rings. The van der Waals surface area contributed by atoms with Gasteiger partial charge in [0.25, 0.3) is 35.4 Å². The quantitative estimate of drug-likeness (QED) is 0.0346. The number of primary amides is 3. The summed E-state index contributed by atoms with van der Waals surface area (Å²) < 4.78 is 2.91. The normalized spacial score (nSPS) is 13.7. The fraction of sp³-hybridized carbons (Fsp3) is 0.327. The predicted molar refractivity (Wildman–Crippen MR) is 273 cm³/mol. The topological polar surface area (TPSA) is 366 Å². The molecule has 22 heteroatoms. The molecule has 3 saturated carbocycles. The van der Waals surface area contributed by atoms with Crippen molar-refractivity contribution in [1.29, 1.82) is 5.26 Å². The molecule has 2 aromatic heterocycles. The van der Waals surface area contributed by atoms with E-state index >= 15 is 0 Å². The average molecular weight is 988 g/mol. The van der Waals surface area contributed by atoms with Crippen LogP contribution in [0.2, 0.25) is 0 Å². The number of amides is 6. The fourth-order valence-corrected chi connectivity index (χ4v) is 7.19. The van der Waals surface area contributed by atoms with Crippen LogP contribution in [0.4, 0.5) is 17.3 Å². The Morgan fingerprint density at radius 2 is 0.972 bits per heavy atom. The molecule has 3 aromatic carbocycles. The third-order valence-electron chi connectivity index (χ3n) is 11.5. The van der Waals surface area contributed by atoms with E-state index in [1.165, 1.54) is 21.1 Å². The molecule has 0 radical (unpaired) electrons. The summed E-state index contributed by atoms with van der Waals surface area (Å²) in [6, 6.07) is 18.8. The van der Waals surface area contributed by atoms with Crippen LogP contribution in [0.25, 0.3) is 11.4 Å². The maximum atomic E-state index is 12.2. The van der Waals surface area contributed by atoms with Gasteiger partial charge >= 0.3 is 0 Å². The number of benzene rings is 3. The molecule has 71 heavy (non-hydrogen) atoms. The molecule has 2 heterocycles. The molecule has 3 aliphatic rings. The summed E-state index contributed by atoms with van der Waals surface area (Å²) in [5, 5.41) is 25.8. The molecule has 0 aliphatic heterocycles. The first-order valence-corrected chi connectivity index (χ1v) is 23.8. The second-order valence-electron chi connectivity index (χ2n) is 17.3. The van der Waals surface area contributed by atoms with Crippen LogP contribution in [0.3, 0.4) is 0 Å². The molecule has 0 bridgehead atoms. The van der Waals surface area contributed by atoms with E-state index in [0.29, 0.717) is 50.4 Å². The van der Waals surface area contributed by atoms with Crippen molar-refractivity contribution < 1.29 is 28.8 Å². The first-order chi connectivity index (χ1) is 33.6. The number of aryl methyl sites for hydroxylation is 5. The van der Waals surface area contributed by atoms with Crippen molar-refractivity contribution in [3.8, 4) is 17.4 Å². The molecular formula is C49H61N15O6S. The standard InChI is InChI=1S/2C16H19N5O2.C11H15N3O.C6H8N2OS/c2*1-8-3-4-10(16(23)19-11-5-6-11)7-12(8)21-14(17)13(15(18)22)9(2)20-21;1-7-2-3-8(6-10(7)14-12)11(15)13-9-4-5-9;1-4(10-2)5(3-7)6(8)9/h2*3-4,7,11H,5-6,17H2,1-2H3,(H2,18,22)(H,19,23);2-3,6,9,14H,4-5,12H2,1H3,(H,13,15);1-2H3,(H2,8,9)/b;;;5-4+. The number of hydrogen-bond donors (Lipinski definition) is 10. The number of allylic oxidation sites excluding steroid dienone is 1. The van der Waals surface area contributed by atoms with Crippen molar-refractivity contribution >= 4 is 64.5 Å². The summed E-state index contributed by atoms with van der Waals surface area (Å²) in [5.74, 6) is 3.56. The third-order valence-corrected chi connectivity index (χ3v) is 12.3. The first-order valence-electron chi connectivity index (χ1n) is 22.6. The summed E-state index contributed by atoms with van der Waals surface area (Å²) in [6.45, 7) is 10.8. The maximum Gasteiger partial charge on any atom is 0.260 e. The van der Waals surface area contributed by atoms with Gasteiger partial charge in [-0.3, -0.25) is 34.6 Å². The molecule has 0 spiro atoms. The highest BCUT2D eigenvalue weighted by atomic mass is 32.2. The highest BCUT2D eigenvalue weighted by Gasteiger charge is 2.27. The van der Waals surface area contributed by atoms with Crippen molar-refractivity contribution in [2.24, 2.45) is 23.0 Å². The van der Waals surface area contributed by atoms with E-state index in [1.54, 1.807) is 63.4 Å². The number of carbonyl (C=O) groups is 6. The van der Waals surface area contributed by atoms with E-state index in [1.807, 2.05) is 45.0 Å². The highest BCUT2D eigenvalue weighted by Crippen LogP contribution is 2.27. The molecular weight excluding hydrogens is 927 g/mol. The Labute approximate surface area is 415 Å². The van der Waals surface area contributed by atoms with Crippen LogP contribution >= 0.6 is 11.8 Å². The summed E-state index contributed by atoms with van der Waals surface area (Å²) in [4.78, 5) is 70.2. The lowest BCUT2D eigenvalue weighted by molar-refractivity contribution is -0.114. The Morgan fingerprint density at radius 3 is 1.24 bits per heavy atom. The first kappa shape index (κ1) is 53.8. The Bertz CT molecular complexity index is 2820. The zero-order chi connectivity index (χ0) is 52.4. The number of aromatic nitrogens is 4. The lowest BCUT2D eigenvalue weighted by Crippen LogP contribution is -2.25. The number of rotatable bonds is 13. The van der Waals surface area contributed by atoms with Gasteiger partial charge in [-0.1, -0.05) is 18.2 Å². The van der Waals surface area contributed by atoms with Crippen LogP contribution < -0.4 is 55.9 Å². The number of nitrogens with one attached hydrogen (secondary N) is 4. The molecule has 374 valence electrons. The van der Waals surface area contributed by atoms with Crippen molar-refractivity contribution in [3.63, 3.8) is 0 Å². The van der Waals surface area contributed by atoms with Crippen LogP contribution in [-0.4, -0.2) is 79.4 Å². The van der Waals surface area contributed by atoms with Gasteiger partial charge in [-0.2, -0.15) is 15.5 Å². The zero-order valence-corrected chi connectivity index (χ0v) is 41.5. The number of hydrazine groups is 1. The van der Waals surface area contributed by atoms with E-state index in [-0.39, 0.29) is 58.1 Å². The van der Waals surface area contributed by atoms with E-state index in [0.717, 1.165) is 60.9 Å². The maximum absolute atomic E-state index is 12.2. The van der Waals surface area contributed by atoms with Crippen LogP contribution in [0.1, 0.15) is 125 Å². The van der Waals surface area contributed by atoms with Gasteiger partial charge in [0.15, 0.2) is 0 Å². The molecule has 21 nitrogen and oxygen atoms in total. The van der Waals surface area contributed by atoms with Crippen LogP contribution in [0, 0.1) is 45.9 Å². The Kier molecular flexibility index (Phi) is 17.8. The van der Waals surface area contributed by atoms with Gasteiger partial charge in [-0.25, -0.2) is 9.36 Å². The highest BCUT2D eigenvalue weighted by molar-refractivity contribution is 8.02. The average Bonchev–Trinajstić information content (AvgIpc) is 4.23. The lowest BCUT2D eigenvalue weighted by Gasteiger charge is -2.11. The fourth-order valence-electron chi connectivity index (χ4n) is 6.84. The minimum atomic E-state index is -0.658. The lowest BCUT2D eigenvalue weighted by atomic mass is 10.1. The minimum Gasteiger partial charge on any atom is -0.383 e. The van der Waals surface area contributed by atoms with Gasteiger partial charge < -0.3 is 50.0 Å². The molecule has 5 aromatic rings. The van der Waals surface area contributed by atoms with Gasteiger partial charge in [0.1, 0.15) is 34.4 Å². The van der Waals surface area contributed by atoms with Crippen molar-refractivity contribution in [1.82, 2.24) is 35.5 Å². The molecule has 0 atom stereocenters. The second-order valence-corrected chi connectivity index (χ2v) is 18.3. The Balaban J connectivity index is 0.000000184. The number of carbonyl (C=O) groups excluding carboxylic acids is 6. The number of thioether (sulfide) groups is 1.